The third-order valence-corrected chi connectivity index (χ3v) is 4.02. The van der Waals surface area contributed by atoms with Gasteiger partial charge in [-0.25, -0.2) is 4.79 Å². The van der Waals surface area contributed by atoms with Gasteiger partial charge in [0.15, 0.2) is 17.6 Å². The van der Waals surface area contributed by atoms with Crippen LogP contribution in [0.1, 0.15) is 22.8 Å². The minimum atomic E-state index is -1.08. The van der Waals surface area contributed by atoms with Crippen LogP contribution in [0.4, 0.5) is 5.69 Å². The fraction of sp³-hybridized carbons (Fsp3) is 0.250. The van der Waals surface area contributed by atoms with Crippen molar-refractivity contribution >= 4 is 17.6 Å². The van der Waals surface area contributed by atoms with E-state index in [1.54, 1.807) is 24.3 Å². The first-order chi connectivity index (χ1) is 13.5. The SMILES string of the molecule is COc1cc(C(=O)O[C@H](C)C(=O)Nc2ccccc2C#N)cc2c1OCCO2. The molecule has 1 aliphatic rings. The van der Waals surface area contributed by atoms with Gasteiger partial charge in [0.25, 0.3) is 5.91 Å². The highest BCUT2D eigenvalue weighted by Crippen LogP contribution is 2.40. The molecule has 0 spiro atoms. The van der Waals surface area contributed by atoms with Crippen LogP contribution in [-0.4, -0.2) is 38.3 Å². The Balaban J connectivity index is 1.72. The van der Waals surface area contributed by atoms with Crippen LogP contribution in [0.15, 0.2) is 36.4 Å². The summed E-state index contributed by atoms with van der Waals surface area (Å²) in [6, 6.07) is 11.5. The summed E-state index contributed by atoms with van der Waals surface area (Å²) in [4.78, 5) is 24.8. The van der Waals surface area contributed by atoms with Gasteiger partial charge in [0.05, 0.1) is 23.9 Å². The van der Waals surface area contributed by atoms with E-state index < -0.39 is 18.0 Å². The lowest BCUT2D eigenvalue weighted by molar-refractivity contribution is -0.123. The Morgan fingerprint density at radius 3 is 2.71 bits per heavy atom. The molecule has 8 nitrogen and oxygen atoms in total. The number of anilines is 1. The number of hydrogen-bond donors (Lipinski definition) is 1. The molecule has 0 radical (unpaired) electrons. The molecule has 0 aliphatic carbocycles. The first kappa shape index (κ1) is 19.0. The molecule has 0 aromatic heterocycles. The average Bonchev–Trinajstić information content (AvgIpc) is 2.73. The van der Waals surface area contributed by atoms with Gasteiger partial charge < -0.3 is 24.3 Å². The number of nitriles is 1. The van der Waals surface area contributed by atoms with Crippen molar-refractivity contribution in [2.45, 2.75) is 13.0 Å². The number of amides is 1. The number of rotatable bonds is 5. The fourth-order valence-electron chi connectivity index (χ4n) is 2.60. The van der Waals surface area contributed by atoms with Gasteiger partial charge >= 0.3 is 5.97 Å². The van der Waals surface area contributed by atoms with E-state index in [9.17, 15) is 9.59 Å². The van der Waals surface area contributed by atoms with Crippen molar-refractivity contribution in [1.29, 1.82) is 5.26 Å². The lowest BCUT2D eigenvalue weighted by Crippen LogP contribution is -2.30. The molecular weight excluding hydrogens is 364 g/mol. The number of fused-ring (bicyclic) bond motifs is 1. The van der Waals surface area contributed by atoms with Crippen LogP contribution < -0.4 is 19.5 Å². The summed E-state index contributed by atoms with van der Waals surface area (Å²) in [6.45, 7) is 2.18. The molecule has 2 aromatic carbocycles. The van der Waals surface area contributed by atoms with E-state index in [0.717, 1.165) is 0 Å². The summed E-state index contributed by atoms with van der Waals surface area (Å²) in [7, 11) is 1.45. The summed E-state index contributed by atoms with van der Waals surface area (Å²) >= 11 is 0. The van der Waals surface area contributed by atoms with E-state index in [1.165, 1.54) is 26.2 Å². The van der Waals surface area contributed by atoms with Gasteiger partial charge in [0.2, 0.25) is 5.75 Å². The van der Waals surface area contributed by atoms with E-state index in [-0.39, 0.29) is 5.56 Å². The van der Waals surface area contributed by atoms with Crippen LogP contribution in [0, 0.1) is 11.3 Å². The smallest absolute Gasteiger partial charge is 0.339 e. The molecule has 0 saturated carbocycles. The zero-order valence-corrected chi connectivity index (χ0v) is 15.4. The zero-order chi connectivity index (χ0) is 20.1. The average molecular weight is 382 g/mol. The number of methoxy groups -OCH3 is 1. The molecule has 0 fully saturated rings. The van der Waals surface area contributed by atoms with Gasteiger partial charge in [-0.05, 0) is 31.2 Å². The molecule has 0 unspecified atom stereocenters. The second kappa shape index (κ2) is 8.31. The molecule has 2 aromatic rings. The van der Waals surface area contributed by atoms with E-state index in [2.05, 4.69) is 5.32 Å². The van der Waals surface area contributed by atoms with Crippen molar-refractivity contribution in [3.63, 3.8) is 0 Å². The lowest BCUT2D eigenvalue weighted by Gasteiger charge is -2.21. The summed E-state index contributed by atoms with van der Waals surface area (Å²) in [5.41, 5.74) is 0.822. The molecule has 3 rings (SSSR count). The number of nitrogens with zero attached hydrogens (tertiary/aromatic N) is 1. The molecule has 0 bridgehead atoms. The monoisotopic (exact) mass is 382 g/mol. The Kier molecular flexibility index (Phi) is 5.65. The van der Waals surface area contributed by atoms with Crippen LogP contribution in [0.25, 0.3) is 0 Å². The zero-order valence-electron chi connectivity index (χ0n) is 15.4. The van der Waals surface area contributed by atoms with E-state index >= 15 is 0 Å². The fourth-order valence-corrected chi connectivity index (χ4v) is 2.60. The Labute approximate surface area is 161 Å². The molecule has 0 saturated heterocycles. The van der Waals surface area contributed by atoms with Crippen molar-refractivity contribution in [1.82, 2.24) is 0 Å². The van der Waals surface area contributed by atoms with Crippen LogP contribution in [0.5, 0.6) is 17.2 Å². The third kappa shape index (κ3) is 3.99. The number of hydrogen-bond acceptors (Lipinski definition) is 7. The molecule has 1 amide bonds. The quantitative estimate of drug-likeness (QED) is 0.792. The maximum Gasteiger partial charge on any atom is 0.339 e. The summed E-state index contributed by atoms with van der Waals surface area (Å²) < 4.78 is 21.5. The van der Waals surface area contributed by atoms with Crippen molar-refractivity contribution in [2.24, 2.45) is 0 Å². The Morgan fingerprint density at radius 2 is 1.96 bits per heavy atom. The minimum Gasteiger partial charge on any atom is -0.493 e. The number of carbonyl (C=O) groups is 2. The summed E-state index contributed by atoms with van der Waals surface area (Å²) in [6.07, 6.45) is -1.08. The van der Waals surface area contributed by atoms with E-state index in [0.29, 0.717) is 41.7 Å². The normalized spacial score (nSPS) is 13.0. The number of para-hydroxylation sites is 1. The van der Waals surface area contributed by atoms with Crippen molar-refractivity contribution < 1.29 is 28.5 Å². The molecule has 1 atom stereocenters. The largest absolute Gasteiger partial charge is 0.493 e. The topological polar surface area (TPSA) is 107 Å². The maximum absolute atomic E-state index is 12.5. The Hall–Kier alpha value is -3.73. The number of nitrogens with one attached hydrogen (secondary N) is 1. The van der Waals surface area contributed by atoms with Gasteiger partial charge in [-0.2, -0.15) is 5.26 Å². The molecule has 144 valence electrons. The van der Waals surface area contributed by atoms with Crippen LogP contribution in [0.3, 0.4) is 0 Å². The highest BCUT2D eigenvalue weighted by Gasteiger charge is 2.24. The minimum absolute atomic E-state index is 0.165. The van der Waals surface area contributed by atoms with Crippen LogP contribution >= 0.6 is 0 Å². The second-order valence-corrected chi connectivity index (χ2v) is 5.90. The Bertz CT molecular complexity index is 933. The van der Waals surface area contributed by atoms with Crippen molar-refractivity contribution in [3.8, 4) is 23.3 Å². The molecule has 1 aliphatic heterocycles. The van der Waals surface area contributed by atoms with Crippen LogP contribution in [0.2, 0.25) is 0 Å². The highest BCUT2D eigenvalue weighted by atomic mass is 16.6. The third-order valence-electron chi connectivity index (χ3n) is 4.02. The summed E-state index contributed by atoms with van der Waals surface area (Å²) in [5.74, 6) is -0.141. The van der Waals surface area contributed by atoms with Crippen LogP contribution in [-0.2, 0) is 9.53 Å². The molecule has 8 heteroatoms. The molecule has 1 heterocycles. The number of esters is 1. The first-order valence-corrected chi connectivity index (χ1v) is 8.52. The predicted octanol–water partition coefficient (Wildman–Crippen LogP) is 2.52. The van der Waals surface area contributed by atoms with Gasteiger partial charge in [-0.1, -0.05) is 12.1 Å². The van der Waals surface area contributed by atoms with Gasteiger partial charge in [-0.3, -0.25) is 4.79 Å². The Morgan fingerprint density at radius 1 is 1.21 bits per heavy atom. The van der Waals surface area contributed by atoms with Crippen molar-refractivity contribution in [3.05, 3.63) is 47.5 Å². The first-order valence-electron chi connectivity index (χ1n) is 8.52. The van der Waals surface area contributed by atoms with Gasteiger partial charge in [0, 0.05) is 0 Å². The van der Waals surface area contributed by atoms with Gasteiger partial charge in [0.1, 0.15) is 19.3 Å². The number of benzene rings is 2. The van der Waals surface area contributed by atoms with Gasteiger partial charge in [-0.15, -0.1) is 0 Å². The second-order valence-electron chi connectivity index (χ2n) is 5.90. The van der Waals surface area contributed by atoms with Crippen molar-refractivity contribution in [2.75, 3.05) is 25.6 Å². The summed E-state index contributed by atoms with van der Waals surface area (Å²) in [5, 5.41) is 11.7. The standard InChI is InChI=1S/C20H18N2O6/c1-12(19(23)22-15-6-4-3-5-13(15)11-21)28-20(24)14-9-16(25-2)18-17(10-14)26-7-8-27-18/h3-6,9-10,12H,7-8H2,1-2H3,(H,22,23)/t12-/m1/s1. The number of carbonyl (C=O) groups excluding carboxylic acids is 2. The predicted molar refractivity (Wildman–Crippen MR) is 98.6 cm³/mol. The lowest BCUT2D eigenvalue weighted by atomic mass is 10.1. The highest BCUT2D eigenvalue weighted by molar-refractivity contribution is 5.98. The van der Waals surface area contributed by atoms with E-state index in [4.69, 9.17) is 24.2 Å². The van der Waals surface area contributed by atoms with E-state index in [1.807, 2.05) is 6.07 Å². The molecular formula is C20H18N2O6. The number of ether oxygens (including phenoxy) is 4. The maximum atomic E-state index is 12.5. The molecule has 1 N–H and O–H groups in total. The molecule has 28 heavy (non-hydrogen) atoms.